The lowest BCUT2D eigenvalue weighted by atomic mass is 10.2. The minimum atomic E-state index is -0.203. The third kappa shape index (κ3) is 3.41. The van der Waals surface area contributed by atoms with Gasteiger partial charge in [-0.3, -0.25) is 4.79 Å². The van der Waals surface area contributed by atoms with Crippen LogP contribution in [0.25, 0.3) is 0 Å². The Labute approximate surface area is 120 Å². The van der Waals surface area contributed by atoms with Crippen LogP contribution in [-0.4, -0.2) is 27.2 Å². The number of aryl methyl sites for hydroxylation is 1. The van der Waals surface area contributed by atoms with Crippen molar-refractivity contribution in [2.45, 2.75) is 13.3 Å². The number of aliphatic hydroxyl groups is 1. The summed E-state index contributed by atoms with van der Waals surface area (Å²) in [7, 11) is 0. The van der Waals surface area contributed by atoms with Crippen LogP contribution >= 0.6 is 11.5 Å². The van der Waals surface area contributed by atoms with Crippen molar-refractivity contribution < 1.29 is 9.90 Å². The van der Waals surface area contributed by atoms with Crippen molar-refractivity contribution in [3.05, 3.63) is 40.4 Å². The summed E-state index contributed by atoms with van der Waals surface area (Å²) in [5.74, 6) is 5.15. The van der Waals surface area contributed by atoms with Crippen LogP contribution in [0.2, 0.25) is 0 Å². The van der Waals surface area contributed by atoms with E-state index in [2.05, 4.69) is 26.7 Å². The molecule has 2 rings (SSSR count). The Morgan fingerprint density at radius 3 is 2.80 bits per heavy atom. The Bertz CT molecular complexity index is 653. The molecule has 6 heteroatoms. The van der Waals surface area contributed by atoms with Gasteiger partial charge in [0.05, 0.1) is 5.69 Å². The zero-order valence-electron chi connectivity index (χ0n) is 10.9. The van der Waals surface area contributed by atoms with Crippen LogP contribution in [0, 0.1) is 11.8 Å². The van der Waals surface area contributed by atoms with Crippen LogP contribution in [-0.2, 0) is 6.42 Å². The summed E-state index contributed by atoms with van der Waals surface area (Å²) in [5.41, 5.74) is 2.17. The van der Waals surface area contributed by atoms with Crippen molar-refractivity contribution in [2.24, 2.45) is 0 Å². The third-order valence-corrected chi connectivity index (χ3v) is 3.32. The Hall–Kier alpha value is -2.23. The van der Waals surface area contributed by atoms with E-state index < -0.39 is 0 Å². The molecule has 0 aliphatic rings. The number of hydrogen-bond donors (Lipinski definition) is 2. The quantitative estimate of drug-likeness (QED) is 0.843. The molecule has 1 aromatic carbocycles. The lowest BCUT2D eigenvalue weighted by Gasteiger charge is -2.04. The van der Waals surface area contributed by atoms with Crippen LogP contribution < -0.4 is 5.32 Å². The van der Waals surface area contributed by atoms with E-state index in [-0.39, 0.29) is 12.5 Å². The van der Waals surface area contributed by atoms with E-state index in [1.807, 2.05) is 6.92 Å². The van der Waals surface area contributed by atoms with Gasteiger partial charge < -0.3 is 10.4 Å². The summed E-state index contributed by atoms with van der Waals surface area (Å²) in [6.45, 7) is 1.76. The highest BCUT2D eigenvalue weighted by atomic mass is 32.1. The molecule has 2 aromatic rings. The van der Waals surface area contributed by atoms with E-state index >= 15 is 0 Å². The fourth-order valence-electron chi connectivity index (χ4n) is 1.58. The smallest absolute Gasteiger partial charge is 0.269 e. The van der Waals surface area contributed by atoms with Crippen molar-refractivity contribution >= 4 is 23.1 Å². The second-order valence-corrected chi connectivity index (χ2v) is 4.65. The molecular formula is C14H13N3O2S. The van der Waals surface area contributed by atoms with Crippen molar-refractivity contribution in [3.63, 3.8) is 0 Å². The number of amides is 1. The van der Waals surface area contributed by atoms with Crippen LogP contribution in [0.3, 0.4) is 0 Å². The third-order valence-electron chi connectivity index (χ3n) is 2.55. The minimum Gasteiger partial charge on any atom is -0.384 e. The SMILES string of the molecule is CCc1nnsc1C(=O)Nc1ccc(C#CCO)cc1. The Morgan fingerprint density at radius 1 is 1.40 bits per heavy atom. The summed E-state index contributed by atoms with van der Waals surface area (Å²) >= 11 is 1.09. The van der Waals surface area contributed by atoms with Gasteiger partial charge in [-0.05, 0) is 42.2 Å². The van der Waals surface area contributed by atoms with E-state index in [9.17, 15) is 4.79 Å². The topological polar surface area (TPSA) is 75.1 Å². The van der Waals surface area contributed by atoms with E-state index in [0.29, 0.717) is 22.7 Å². The number of benzene rings is 1. The summed E-state index contributed by atoms with van der Waals surface area (Å²) in [5, 5.41) is 15.3. The summed E-state index contributed by atoms with van der Waals surface area (Å²) in [6, 6.07) is 7.09. The standard InChI is InChI=1S/C14H13N3O2S/c1-2-12-13(20-17-16-12)14(19)15-11-7-5-10(6-8-11)4-3-9-18/h5-8,18H,2,9H2,1H3,(H,15,19). The Balaban J connectivity index is 2.08. The van der Waals surface area contributed by atoms with Crippen molar-refractivity contribution in [3.8, 4) is 11.8 Å². The molecule has 0 fully saturated rings. The number of nitrogens with one attached hydrogen (secondary N) is 1. The van der Waals surface area contributed by atoms with Gasteiger partial charge in [0.25, 0.3) is 5.91 Å². The minimum absolute atomic E-state index is 0.170. The number of aliphatic hydroxyl groups excluding tert-OH is 1. The van der Waals surface area contributed by atoms with E-state index in [1.165, 1.54) is 0 Å². The van der Waals surface area contributed by atoms with Crippen LogP contribution in [0.15, 0.2) is 24.3 Å². The maximum atomic E-state index is 12.1. The second kappa shape index (κ2) is 6.80. The molecule has 0 aliphatic heterocycles. The molecule has 5 nitrogen and oxygen atoms in total. The van der Waals surface area contributed by atoms with Crippen molar-refractivity contribution in [1.29, 1.82) is 0 Å². The number of hydrogen-bond acceptors (Lipinski definition) is 5. The van der Waals surface area contributed by atoms with E-state index in [0.717, 1.165) is 17.1 Å². The average molecular weight is 287 g/mol. The van der Waals surface area contributed by atoms with E-state index in [4.69, 9.17) is 5.11 Å². The maximum Gasteiger partial charge on any atom is 0.269 e. The van der Waals surface area contributed by atoms with Gasteiger partial charge in [0, 0.05) is 11.3 Å². The number of nitrogens with zero attached hydrogens (tertiary/aromatic N) is 2. The molecule has 0 bridgehead atoms. The van der Waals surface area contributed by atoms with E-state index in [1.54, 1.807) is 24.3 Å². The lowest BCUT2D eigenvalue weighted by molar-refractivity contribution is 0.102. The van der Waals surface area contributed by atoms with Crippen LogP contribution in [0.1, 0.15) is 27.9 Å². The molecule has 0 radical (unpaired) electrons. The van der Waals surface area contributed by atoms with Gasteiger partial charge in [0.1, 0.15) is 11.5 Å². The van der Waals surface area contributed by atoms with Crippen LogP contribution in [0.5, 0.6) is 0 Å². The Kier molecular flexibility index (Phi) is 4.82. The fourth-order valence-corrected chi connectivity index (χ4v) is 2.22. The average Bonchev–Trinajstić information content (AvgIpc) is 2.95. The predicted octanol–water partition coefficient (Wildman–Crippen LogP) is 1.70. The van der Waals surface area contributed by atoms with Gasteiger partial charge in [-0.2, -0.15) is 0 Å². The highest BCUT2D eigenvalue weighted by Gasteiger charge is 2.14. The first-order chi connectivity index (χ1) is 9.74. The second-order valence-electron chi connectivity index (χ2n) is 3.89. The molecule has 1 amide bonds. The van der Waals surface area contributed by atoms with Gasteiger partial charge in [-0.1, -0.05) is 23.3 Å². The Morgan fingerprint density at radius 2 is 2.15 bits per heavy atom. The molecule has 0 saturated carbocycles. The highest BCUT2D eigenvalue weighted by molar-refractivity contribution is 7.08. The van der Waals surface area contributed by atoms with Gasteiger partial charge >= 0.3 is 0 Å². The normalized spacial score (nSPS) is 9.70. The molecular weight excluding hydrogens is 274 g/mol. The number of rotatable bonds is 3. The first-order valence-electron chi connectivity index (χ1n) is 6.07. The number of anilines is 1. The summed E-state index contributed by atoms with van der Waals surface area (Å²) in [4.78, 5) is 12.6. The molecule has 20 heavy (non-hydrogen) atoms. The van der Waals surface area contributed by atoms with Gasteiger partial charge in [-0.15, -0.1) is 5.10 Å². The van der Waals surface area contributed by atoms with Crippen molar-refractivity contribution in [2.75, 3.05) is 11.9 Å². The molecule has 0 unspecified atom stereocenters. The van der Waals surface area contributed by atoms with Gasteiger partial charge in [0.2, 0.25) is 0 Å². The van der Waals surface area contributed by atoms with Gasteiger partial charge in [0.15, 0.2) is 0 Å². The monoisotopic (exact) mass is 287 g/mol. The summed E-state index contributed by atoms with van der Waals surface area (Å²) < 4.78 is 3.79. The van der Waals surface area contributed by atoms with Crippen molar-refractivity contribution in [1.82, 2.24) is 9.59 Å². The largest absolute Gasteiger partial charge is 0.384 e. The molecule has 0 saturated heterocycles. The summed E-state index contributed by atoms with van der Waals surface area (Å²) in [6.07, 6.45) is 0.676. The molecule has 1 aromatic heterocycles. The molecule has 0 atom stereocenters. The molecule has 1 heterocycles. The number of aromatic nitrogens is 2. The maximum absolute atomic E-state index is 12.1. The highest BCUT2D eigenvalue weighted by Crippen LogP contribution is 2.15. The predicted molar refractivity (Wildman–Crippen MR) is 77.6 cm³/mol. The zero-order chi connectivity index (χ0) is 14.4. The van der Waals surface area contributed by atoms with Crippen LogP contribution in [0.4, 0.5) is 5.69 Å². The molecule has 2 N–H and O–H groups in total. The molecule has 0 aliphatic carbocycles. The molecule has 102 valence electrons. The number of carbonyl (C=O) groups excluding carboxylic acids is 1. The zero-order valence-corrected chi connectivity index (χ0v) is 11.7. The first-order valence-corrected chi connectivity index (χ1v) is 6.84. The molecule has 0 spiro atoms. The fraction of sp³-hybridized carbons (Fsp3) is 0.214. The number of carbonyl (C=O) groups is 1. The lowest BCUT2D eigenvalue weighted by Crippen LogP contribution is -2.12. The first kappa shape index (κ1) is 14.2. The van der Waals surface area contributed by atoms with Gasteiger partial charge in [-0.25, -0.2) is 0 Å².